The Labute approximate surface area is 197 Å². The van der Waals surface area contributed by atoms with E-state index >= 15 is 0 Å². The molecule has 34 heavy (non-hydrogen) atoms. The van der Waals surface area contributed by atoms with Gasteiger partial charge in [0, 0.05) is 17.5 Å². The van der Waals surface area contributed by atoms with Crippen molar-refractivity contribution in [2.75, 3.05) is 24.6 Å². The number of para-hydroxylation sites is 1. The zero-order valence-electron chi connectivity index (χ0n) is 19.8. The molecule has 3 rings (SSSR count). The van der Waals surface area contributed by atoms with Crippen LogP contribution in [0.1, 0.15) is 56.2 Å². The van der Waals surface area contributed by atoms with E-state index in [1.165, 1.54) is 22.4 Å². The number of halogens is 6. The van der Waals surface area contributed by atoms with Gasteiger partial charge in [0.05, 0.1) is 6.61 Å². The van der Waals surface area contributed by atoms with Gasteiger partial charge in [-0.25, -0.2) is 4.90 Å². The Hall–Kier alpha value is -2.12. The van der Waals surface area contributed by atoms with Gasteiger partial charge in [-0.15, -0.1) is 0 Å². The topological polar surface area (TPSA) is 26.5 Å². The van der Waals surface area contributed by atoms with E-state index in [-0.39, 0.29) is 12.6 Å². The monoisotopic (exact) mass is 510 g/mol. The SMILES string of the molecule is CC(C)c1cccc(C(C)C)c1N1C=[N+]([C@H](CO)Cc2ccccc2)CC1.F[P-](F)(F)(F)(F)F. The molecular formula is C24H33F6N2OP. The third-order valence-electron chi connectivity index (χ3n) is 5.51. The molecule has 0 amide bonds. The second-order valence-corrected chi connectivity index (χ2v) is 11.0. The van der Waals surface area contributed by atoms with Gasteiger partial charge in [0.2, 0.25) is 6.34 Å². The van der Waals surface area contributed by atoms with E-state index in [4.69, 9.17) is 0 Å². The summed E-state index contributed by atoms with van der Waals surface area (Å²) < 4.78 is 61.5. The van der Waals surface area contributed by atoms with Gasteiger partial charge in [0.25, 0.3) is 0 Å². The summed E-state index contributed by atoms with van der Waals surface area (Å²) in [4.78, 5) is 2.40. The third-order valence-corrected chi connectivity index (χ3v) is 5.51. The van der Waals surface area contributed by atoms with Gasteiger partial charge < -0.3 is 5.11 Å². The zero-order chi connectivity index (χ0) is 25.8. The Kier molecular flexibility index (Phi) is 8.15. The Bertz CT molecular complexity index is 955. The van der Waals surface area contributed by atoms with Crippen molar-refractivity contribution in [3.05, 3.63) is 65.2 Å². The molecule has 2 aromatic carbocycles. The molecule has 192 valence electrons. The summed E-state index contributed by atoms with van der Waals surface area (Å²) in [5, 5.41) is 10.0. The van der Waals surface area contributed by atoms with Gasteiger partial charge >= 0.3 is 33.0 Å². The second kappa shape index (κ2) is 9.86. The van der Waals surface area contributed by atoms with Gasteiger partial charge in [-0.2, -0.15) is 0 Å². The predicted molar refractivity (Wildman–Crippen MR) is 128 cm³/mol. The summed E-state index contributed by atoms with van der Waals surface area (Å²) in [6, 6.07) is 17.3. The van der Waals surface area contributed by atoms with Crippen molar-refractivity contribution < 1.29 is 34.9 Å². The van der Waals surface area contributed by atoms with E-state index in [2.05, 4.69) is 86.0 Å². The normalized spacial score (nSPS) is 17.1. The molecule has 0 aliphatic carbocycles. The van der Waals surface area contributed by atoms with Crippen LogP contribution in [0.5, 0.6) is 0 Å². The molecule has 2 aromatic rings. The van der Waals surface area contributed by atoms with Gasteiger partial charge in [-0.1, -0.05) is 76.2 Å². The first-order chi connectivity index (χ1) is 15.5. The number of hydrogen-bond donors (Lipinski definition) is 1. The fraction of sp³-hybridized carbons (Fsp3) is 0.458. The number of anilines is 1. The summed E-state index contributed by atoms with van der Waals surface area (Å²) in [5.74, 6) is 0.971. The van der Waals surface area contributed by atoms with Gasteiger partial charge in [-0.3, -0.25) is 4.58 Å². The van der Waals surface area contributed by atoms with Crippen molar-refractivity contribution in [2.45, 2.75) is 52.0 Å². The van der Waals surface area contributed by atoms with Crippen LogP contribution >= 0.6 is 7.81 Å². The maximum absolute atomic E-state index is 10.7. The van der Waals surface area contributed by atoms with Crippen LogP contribution in [0.4, 0.5) is 30.9 Å². The van der Waals surface area contributed by atoms with E-state index < -0.39 is 7.81 Å². The minimum atomic E-state index is -10.7. The molecule has 3 nitrogen and oxygen atoms in total. The molecule has 1 aliphatic heterocycles. The van der Waals surface area contributed by atoms with Crippen molar-refractivity contribution >= 4 is 19.8 Å². The van der Waals surface area contributed by atoms with Crippen LogP contribution in [0.25, 0.3) is 0 Å². The van der Waals surface area contributed by atoms with Crippen molar-refractivity contribution in [3.8, 4) is 0 Å². The molecule has 0 saturated heterocycles. The summed E-state index contributed by atoms with van der Waals surface area (Å²) >= 11 is 0. The summed E-state index contributed by atoms with van der Waals surface area (Å²) in [7, 11) is -10.7. The Morgan fingerprint density at radius 2 is 1.35 bits per heavy atom. The van der Waals surface area contributed by atoms with Crippen molar-refractivity contribution in [2.24, 2.45) is 0 Å². The Morgan fingerprint density at radius 3 is 1.79 bits per heavy atom. The van der Waals surface area contributed by atoms with Crippen molar-refractivity contribution in [1.82, 2.24) is 0 Å². The van der Waals surface area contributed by atoms with Crippen LogP contribution < -0.4 is 4.90 Å². The summed E-state index contributed by atoms with van der Waals surface area (Å²) in [5.41, 5.74) is 5.45. The third kappa shape index (κ3) is 9.63. The van der Waals surface area contributed by atoms with E-state index in [0.717, 1.165) is 19.5 Å². The molecule has 1 aliphatic rings. The molecule has 1 atom stereocenters. The van der Waals surface area contributed by atoms with Crippen molar-refractivity contribution in [3.63, 3.8) is 0 Å². The molecular weight excluding hydrogens is 477 g/mol. The zero-order valence-corrected chi connectivity index (χ0v) is 20.7. The van der Waals surface area contributed by atoms with E-state index in [0.29, 0.717) is 11.8 Å². The molecule has 0 unspecified atom stereocenters. The number of aliphatic hydroxyl groups excluding tert-OH is 1. The average molecular weight is 511 g/mol. The number of rotatable bonds is 7. The fourth-order valence-electron chi connectivity index (χ4n) is 3.98. The number of hydrogen-bond acceptors (Lipinski definition) is 2. The minimum absolute atomic E-state index is 0.117. The number of aliphatic hydroxyl groups is 1. The molecule has 0 aromatic heterocycles. The second-order valence-electron chi connectivity index (χ2n) is 9.13. The molecule has 0 fully saturated rings. The first kappa shape index (κ1) is 28.1. The number of nitrogens with zero attached hydrogens (tertiary/aromatic N) is 2. The molecule has 0 spiro atoms. The average Bonchev–Trinajstić information content (AvgIpc) is 3.19. The van der Waals surface area contributed by atoms with Crippen LogP contribution in [0.3, 0.4) is 0 Å². The van der Waals surface area contributed by atoms with Gasteiger partial charge in [-0.05, 0) is 17.4 Å². The fourth-order valence-corrected chi connectivity index (χ4v) is 3.98. The van der Waals surface area contributed by atoms with Crippen LogP contribution in [-0.4, -0.2) is 41.8 Å². The number of benzene rings is 2. The van der Waals surface area contributed by atoms with Crippen LogP contribution in [0.2, 0.25) is 0 Å². The van der Waals surface area contributed by atoms with E-state index in [9.17, 15) is 30.3 Å². The molecule has 10 heteroatoms. The molecule has 1 N–H and O–H groups in total. The van der Waals surface area contributed by atoms with E-state index in [1.807, 2.05) is 6.07 Å². The summed E-state index contributed by atoms with van der Waals surface area (Å²) in [6.45, 7) is 11.1. The first-order valence-electron chi connectivity index (χ1n) is 11.2. The Balaban J connectivity index is 0.000000509. The van der Waals surface area contributed by atoms with Crippen LogP contribution in [0, 0.1) is 0 Å². The van der Waals surface area contributed by atoms with Crippen molar-refractivity contribution in [1.29, 1.82) is 0 Å². The maximum atomic E-state index is 10.0. The van der Waals surface area contributed by atoms with E-state index in [1.54, 1.807) is 0 Å². The molecule has 1 heterocycles. The van der Waals surface area contributed by atoms with Gasteiger partial charge in [0.15, 0.2) is 0 Å². The quantitative estimate of drug-likeness (QED) is 0.234. The first-order valence-corrected chi connectivity index (χ1v) is 13.2. The molecule has 0 bridgehead atoms. The van der Waals surface area contributed by atoms with Crippen LogP contribution in [-0.2, 0) is 6.42 Å². The summed E-state index contributed by atoms with van der Waals surface area (Å²) in [6.07, 6.45) is 3.10. The predicted octanol–water partition coefficient (Wildman–Crippen LogP) is 7.78. The molecule has 0 radical (unpaired) electrons. The Morgan fingerprint density at radius 1 is 0.853 bits per heavy atom. The van der Waals surface area contributed by atoms with Crippen LogP contribution in [0.15, 0.2) is 48.5 Å². The molecule has 0 saturated carbocycles. The van der Waals surface area contributed by atoms with Gasteiger partial charge in [0.1, 0.15) is 24.8 Å². The standard InChI is InChI=1S/C24H33N2O.F6P/c1-18(2)22-11-8-12-23(19(3)4)24(22)26-14-13-25(17-26)21(16-27)15-20-9-6-5-7-10-20;1-7(2,3,4,5)6/h5-12,17-19,21,27H,13-16H2,1-4H3;/q+1;-1/t21-;/m0./s1.